The Hall–Kier alpha value is -2.56. The first-order chi connectivity index (χ1) is 10.3. The van der Waals surface area contributed by atoms with Crippen LogP contribution in [-0.2, 0) is 5.41 Å². The van der Waals surface area contributed by atoms with Gasteiger partial charge in [0.1, 0.15) is 0 Å². The van der Waals surface area contributed by atoms with Crippen LogP contribution >= 0.6 is 0 Å². The lowest BCUT2D eigenvalue weighted by molar-refractivity contribution is -0.385. The first-order valence-electron chi connectivity index (χ1n) is 7.05. The summed E-state index contributed by atoms with van der Waals surface area (Å²) in [7, 11) is 0. The van der Waals surface area contributed by atoms with Gasteiger partial charge in [-0.15, -0.1) is 0 Å². The number of rotatable bonds is 3. The van der Waals surface area contributed by atoms with Gasteiger partial charge in [-0.05, 0) is 36.1 Å². The van der Waals surface area contributed by atoms with Crippen LogP contribution in [0.2, 0.25) is 0 Å². The Balaban J connectivity index is 2.52. The zero-order valence-electron chi connectivity index (χ0n) is 13.2. The lowest BCUT2D eigenvalue weighted by Gasteiger charge is -2.19. The highest BCUT2D eigenvalue weighted by Crippen LogP contribution is 2.35. The van der Waals surface area contributed by atoms with E-state index in [1.165, 1.54) is 0 Å². The van der Waals surface area contributed by atoms with Crippen molar-refractivity contribution in [2.75, 3.05) is 0 Å². The van der Waals surface area contributed by atoms with Gasteiger partial charge in [-0.3, -0.25) is 10.1 Å². The quantitative estimate of drug-likeness (QED) is 0.419. The summed E-state index contributed by atoms with van der Waals surface area (Å²) in [5.41, 5.74) is 2.52. The topological polar surface area (TPSA) is 67.9 Å². The average molecular weight is 297 g/mol. The first-order valence-corrected chi connectivity index (χ1v) is 7.05. The van der Waals surface area contributed by atoms with Crippen molar-refractivity contribution in [2.24, 2.45) is 10.2 Å². The van der Waals surface area contributed by atoms with Crippen LogP contribution in [-0.4, -0.2) is 4.92 Å². The van der Waals surface area contributed by atoms with Gasteiger partial charge in [0.25, 0.3) is 5.69 Å². The van der Waals surface area contributed by atoms with Gasteiger partial charge in [0.15, 0.2) is 0 Å². The molecule has 5 heteroatoms. The van der Waals surface area contributed by atoms with Crippen molar-refractivity contribution in [3.63, 3.8) is 0 Å². The minimum Gasteiger partial charge on any atom is -0.258 e. The lowest BCUT2D eigenvalue weighted by Crippen LogP contribution is -2.11. The van der Waals surface area contributed by atoms with E-state index in [4.69, 9.17) is 0 Å². The zero-order valence-corrected chi connectivity index (χ0v) is 13.2. The van der Waals surface area contributed by atoms with Crippen molar-refractivity contribution < 1.29 is 4.92 Å². The number of nitro groups is 1. The molecule has 0 N–H and O–H groups in total. The Bertz CT molecular complexity index is 717. The summed E-state index contributed by atoms with van der Waals surface area (Å²) in [4.78, 5) is 10.9. The van der Waals surface area contributed by atoms with Gasteiger partial charge in [-0.2, -0.15) is 10.2 Å². The van der Waals surface area contributed by atoms with E-state index in [9.17, 15) is 10.1 Å². The molecule has 2 aromatic carbocycles. The molecule has 2 aromatic rings. The molecule has 0 aromatic heterocycles. The number of azo groups is 1. The monoisotopic (exact) mass is 297 g/mol. The predicted molar refractivity (Wildman–Crippen MR) is 87.2 cm³/mol. The molecule has 0 radical (unpaired) electrons. The minimum absolute atomic E-state index is 0.0782. The van der Waals surface area contributed by atoms with E-state index >= 15 is 0 Å². The number of benzene rings is 2. The van der Waals surface area contributed by atoms with Crippen molar-refractivity contribution in [3.05, 3.63) is 63.7 Å². The predicted octanol–water partition coefficient (Wildman–Crippen LogP) is 5.62. The Morgan fingerprint density at radius 2 is 1.68 bits per heavy atom. The van der Waals surface area contributed by atoms with E-state index in [2.05, 4.69) is 10.2 Å². The van der Waals surface area contributed by atoms with E-state index in [1.807, 2.05) is 57.2 Å². The maximum Gasteiger partial charge on any atom is 0.274 e. The fourth-order valence-electron chi connectivity index (χ4n) is 2.02. The fourth-order valence-corrected chi connectivity index (χ4v) is 2.02. The van der Waals surface area contributed by atoms with Crippen LogP contribution in [0.5, 0.6) is 0 Å². The summed E-state index contributed by atoms with van der Waals surface area (Å²) in [6.07, 6.45) is 0. The molecule has 0 unspecified atom stereocenters. The molecule has 0 heterocycles. The molecule has 0 bridgehead atoms. The number of nitrogens with zero attached hydrogens (tertiary/aromatic N) is 3. The normalized spacial score (nSPS) is 11.8. The van der Waals surface area contributed by atoms with Crippen LogP contribution in [0.1, 0.15) is 31.9 Å². The van der Waals surface area contributed by atoms with E-state index < -0.39 is 0 Å². The molecule has 0 saturated carbocycles. The van der Waals surface area contributed by atoms with E-state index in [1.54, 1.807) is 13.0 Å². The minimum atomic E-state index is -0.369. The molecule has 0 aliphatic rings. The number of hydrogen-bond donors (Lipinski definition) is 0. The highest BCUT2D eigenvalue weighted by atomic mass is 16.6. The van der Waals surface area contributed by atoms with Crippen LogP contribution in [0.4, 0.5) is 17.1 Å². The maximum atomic E-state index is 11.3. The highest BCUT2D eigenvalue weighted by Gasteiger charge is 2.22. The Morgan fingerprint density at radius 1 is 1.05 bits per heavy atom. The third-order valence-electron chi connectivity index (χ3n) is 3.44. The summed E-state index contributed by atoms with van der Waals surface area (Å²) in [5.74, 6) is 0. The molecular weight excluding hydrogens is 278 g/mol. The molecule has 0 spiro atoms. The molecule has 0 amide bonds. The summed E-state index contributed by atoms with van der Waals surface area (Å²) in [6, 6.07) is 12.8. The molecular formula is C17H19N3O2. The van der Waals surface area contributed by atoms with Crippen LogP contribution in [0.3, 0.4) is 0 Å². The molecule has 0 fully saturated rings. The van der Waals surface area contributed by atoms with Crippen molar-refractivity contribution >= 4 is 17.1 Å². The zero-order chi connectivity index (χ0) is 16.3. The van der Waals surface area contributed by atoms with Gasteiger partial charge in [0.05, 0.1) is 21.9 Å². The molecule has 5 nitrogen and oxygen atoms in total. The van der Waals surface area contributed by atoms with E-state index in [-0.39, 0.29) is 16.0 Å². The number of nitro benzene ring substituents is 1. The molecule has 0 aliphatic heterocycles. The van der Waals surface area contributed by atoms with Gasteiger partial charge < -0.3 is 0 Å². The van der Waals surface area contributed by atoms with Gasteiger partial charge >= 0.3 is 0 Å². The molecule has 2 rings (SSSR count). The largest absolute Gasteiger partial charge is 0.274 e. The molecule has 0 aliphatic carbocycles. The standard InChI is InChI=1S/C17H19N3O2/c1-12-15(19-18-14-8-6-5-7-9-14)10-13(17(2,3)4)11-16(12)20(21)22/h5-11H,1-4H3. The summed E-state index contributed by atoms with van der Waals surface area (Å²) in [6.45, 7) is 7.74. The summed E-state index contributed by atoms with van der Waals surface area (Å²) < 4.78 is 0. The smallest absolute Gasteiger partial charge is 0.258 e. The Morgan fingerprint density at radius 3 is 2.23 bits per heavy atom. The van der Waals surface area contributed by atoms with Crippen molar-refractivity contribution in [2.45, 2.75) is 33.1 Å². The van der Waals surface area contributed by atoms with Gasteiger partial charge in [-0.25, -0.2) is 0 Å². The summed E-state index contributed by atoms with van der Waals surface area (Å²) in [5, 5.41) is 19.6. The van der Waals surface area contributed by atoms with Crippen LogP contribution in [0.15, 0.2) is 52.7 Å². The van der Waals surface area contributed by atoms with E-state index in [0.29, 0.717) is 16.9 Å². The fraction of sp³-hybridized carbons (Fsp3) is 0.294. The average Bonchev–Trinajstić information content (AvgIpc) is 2.45. The molecule has 22 heavy (non-hydrogen) atoms. The second-order valence-corrected chi connectivity index (χ2v) is 6.18. The van der Waals surface area contributed by atoms with Crippen LogP contribution in [0.25, 0.3) is 0 Å². The van der Waals surface area contributed by atoms with E-state index in [0.717, 1.165) is 5.56 Å². The third kappa shape index (κ3) is 3.55. The van der Waals surface area contributed by atoms with Crippen LogP contribution < -0.4 is 0 Å². The Labute approximate surface area is 129 Å². The SMILES string of the molecule is Cc1c(N=Nc2ccccc2)cc(C(C)(C)C)cc1[N+](=O)[O-]. The summed E-state index contributed by atoms with van der Waals surface area (Å²) >= 11 is 0. The van der Waals surface area contributed by atoms with Crippen molar-refractivity contribution in [1.82, 2.24) is 0 Å². The maximum absolute atomic E-state index is 11.3. The first kappa shape index (κ1) is 15.8. The van der Waals surface area contributed by atoms with Gasteiger partial charge in [-0.1, -0.05) is 39.0 Å². The number of hydrogen-bond acceptors (Lipinski definition) is 4. The highest BCUT2D eigenvalue weighted by molar-refractivity contribution is 5.59. The van der Waals surface area contributed by atoms with Crippen LogP contribution in [0, 0.1) is 17.0 Å². The molecule has 0 atom stereocenters. The van der Waals surface area contributed by atoms with Crippen molar-refractivity contribution in [3.8, 4) is 0 Å². The second kappa shape index (κ2) is 6.05. The third-order valence-corrected chi connectivity index (χ3v) is 3.44. The van der Waals surface area contributed by atoms with Crippen molar-refractivity contribution in [1.29, 1.82) is 0 Å². The molecule has 114 valence electrons. The van der Waals surface area contributed by atoms with Gasteiger partial charge in [0.2, 0.25) is 0 Å². The lowest BCUT2D eigenvalue weighted by atomic mass is 9.85. The molecule has 0 saturated heterocycles. The second-order valence-electron chi connectivity index (χ2n) is 6.18. The van der Waals surface area contributed by atoms with Gasteiger partial charge in [0, 0.05) is 6.07 Å². The Kier molecular flexibility index (Phi) is 4.35.